The van der Waals surface area contributed by atoms with Gasteiger partial charge in [0.1, 0.15) is 5.82 Å². The van der Waals surface area contributed by atoms with Crippen LogP contribution >= 0.6 is 0 Å². The van der Waals surface area contributed by atoms with Crippen LogP contribution in [0.4, 0.5) is 0 Å². The molecule has 0 N–H and O–H groups in total. The number of pyridine rings is 1. The summed E-state index contributed by atoms with van der Waals surface area (Å²) in [6, 6.07) is 5.67. The predicted octanol–water partition coefficient (Wildman–Crippen LogP) is 2.24. The van der Waals surface area contributed by atoms with Crippen LogP contribution in [-0.2, 0) is 4.74 Å². The van der Waals surface area contributed by atoms with E-state index in [4.69, 9.17) is 4.74 Å². The van der Waals surface area contributed by atoms with Crippen molar-refractivity contribution in [2.75, 3.05) is 7.11 Å². The third kappa shape index (κ3) is 1.56. The number of rotatable bonds is 2. The van der Waals surface area contributed by atoms with Gasteiger partial charge in [-0.25, -0.2) is 9.78 Å². The van der Waals surface area contributed by atoms with Crippen molar-refractivity contribution in [1.82, 2.24) is 9.38 Å². The number of nitrogens with zero attached hydrogens (tertiary/aromatic N) is 2. The van der Waals surface area contributed by atoms with Crippen LogP contribution < -0.4 is 0 Å². The van der Waals surface area contributed by atoms with Gasteiger partial charge in [0.15, 0.2) is 5.69 Å². The van der Waals surface area contributed by atoms with E-state index in [-0.39, 0.29) is 5.92 Å². The summed E-state index contributed by atoms with van der Waals surface area (Å²) >= 11 is 0. The lowest BCUT2D eigenvalue weighted by Gasteiger charge is -2.02. The lowest BCUT2D eigenvalue weighted by Crippen LogP contribution is -2.02. The number of fused-ring (bicyclic) bond motifs is 1. The van der Waals surface area contributed by atoms with Gasteiger partial charge in [-0.3, -0.25) is 0 Å². The standard InChI is InChI=1S/C12H14N2O2/c1-8(2)11-13-10(12(15)16-3)9-6-4-5-7-14(9)11/h4-8H,1-3H3. The molecule has 0 aromatic carbocycles. The number of methoxy groups -OCH3 is 1. The number of carbonyl (C=O) groups excluding carboxylic acids is 1. The molecule has 0 aliphatic carbocycles. The molecule has 2 heterocycles. The first-order valence-corrected chi connectivity index (χ1v) is 5.20. The Morgan fingerprint density at radius 2 is 2.19 bits per heavy atom. The van der Waals surface area contributed by atoms with Gasteiger partial charge in [0.05, 0.1) is 12.6 Å². The van der Waals surface area contributed by atoms with Gasteiger partial charge in [-0.2, -0.15) is 0 Å². The molecule has 0 atom stereocenters. The highest BCUT2D eigenvalue weighted by molar-refractivity contribution is 5.95. The first kappa shape index (κ1) is 10.7. The maximum atomic E-state index is 11.6. The van der Waals surface area contributed by atoms with Gasteiger partial charge in [0, 0.05) is 12.1 Å². The van der Waals surface area contributed by atoms with E-state index >= 15 is 0 Å². The summed E-state index contributed by atoms with van der Waals surface area (Å²) in [4.78, 5) is 15.9. The second-order valence-corrected chi connectivity index (χ2v) is 3.92. The first-order valence-electron chi connectivity index (χ1n) is 5.20. The number of esters is 1. The van der Waals surface area contributed by atoms with Gasteiger partial charge in [-0.05, 0) is 12.1 Å². The zero-order chi connectivity index (χ0) is 11.7. The van der Waals surface area contributed by atoms with Crippen LogP contribution in [-0.4, -0.2) is 22.5 Å². The van der Waals surface area contributed by atoms with Crippen molar-refractivity contribution in [3.63, 3.8) is 0 Å². The number of imidazole rings is 1. The molecule has 84 valence electrons. The fraction of sp³-hybridized carbons (Fsp3) is 0.333. The minimum absolute atomic E-state index is 0.258. The molecule has 2 rings (SSSR count). The summed E-state index contributed by atoms with van der Waals surface area (Å²) in [5.41, 5.74) is 1.17. The van der Waals surface area contributed by atoms with Crippen LogP contribution in [0, 0.1) is 0 Å². The fourth-order valence-corrected chi connectivity index (χ4v) is 1.72. The van der Waals surface area contributed by atoms with Gasteiger partial charge >= 0.3 is 5.97 Å². The van der Waals surface area contributed by atoms with E-state index in [1.54, 1.807) is 0 Å². The monoisotopic (exact) mass is 218 g/mol. The Hall–Kier alpha value is -1.84. The largest absolute Gasteiger partial charge is 0.464 e. The van der Waals surface area contributed by atoms with E-state index in [1.165, 1.54) is 7.11 Å². The van der Waals surface area contributed by atoms with E-state index in [1.807, 2.05) is 42.6 Å². The first-order chi connectivity index (χ1) is 7.65. The SMILES string of the molecule is COC(=O)c1nc(C(C)C)n2ccccc12. The molecule has 0 unspecified atom stereocenters. The van der Waals surface area contributed by atoms with Crippen molar-refractivity contribution in [1.29, 1.82) is 0 Å². The number of ether oxygens (including phenoxy) is 1. The zero-order valence-corrected chi connectivity index (χ0v) is 9.60. The van der Waals surface area contributed by atoms with Gasteiger partial charge in [0.2, 0.25) is 0 Å². The number of hydrogen-bond acceptors (Lipinski definition) is 3. The maximum Gasteiger partial charge on any atom is 0.358 e. The summed E-state index contributed by atoms with van der Waals surface area (Å²) < 4.78 is 6.65. The van der Waals surface area contributed by atoms with Crippen molar-refractivity contribution in [3.05, 3.63) is 35.9 Å². The summed E-state index contributed by atoms with van der Waals surface area (Å²) in [7, 11) is 1.37. The lowest BCUT2D eigenvalue weighted by molar-refractivity contribution is 0.0597. The predicted molar refractivity (Wildman–Crippen MR) is 60.6 cm³/mol. The lowest BCUT2D eigenvalue weighted by atomic mass is 10.2. The fourth-order valence-electron chi connectivity index (χ4n) is 1.72. The highest BCUT2D eigenvalue weighted by Gasteiger charge is 2.18. The van der Waals surface area contributed by atoms with Crippen LogP contribution in [0.3, 0.4) is 0 Å². The summed E-state index contributed by atoms with van der Waals surface area (Å²) in [6.07, 6.45) is 1.91. The van der Waals surface area contributed by atoms with Crippen molar-refractivity contribution in [3.8, 4) is 0 Å². The highest BCUT2D eigenvalue weighted by atomic mass is 16.5. The highest BCUT2D eigenvalue weighted by Crippen LogP contribution is 2.19. The molecule has 0 spiro atoms. The average Bonchev–Trinajstić information content (AvgIpc) is 2.67. The van der Waals surface area contributed by atoms with Crippen molar-refractivity contribution >= 4 is 11.5 Å². The minimum Gasteiger partial charge on any atom is -0.464 e. The summed E-state index contributed by atoms with van der Waals surface area (Å²) in [5.74, 6) is 0.736. The number of aromatic nitrogens is 2. The minimum atomic E-state index is -0.393. The molecule has 0 saturated heterocycles. The van der Waals surface area contributed by atoms with E-state index in [9.17, 15) is 4.79 Å². The zero-order valence-electron chi connectivity index (χ0n) is 9.60. The number of hydrogen-bond donors (Lipinski definition) is 0. The van der Waals surface area contributed by atoms with Crippen LogP contribution in [0.5, 0.6) is 0 Å². The molecule has 0 amide bonds. The van der Waals surface area contributed by atoms with Gasteiger partial charge in [0.25, 0.3) is 0 Å². The molecule has 0 fully saturated rings. The molecule has 2 aromatic rings. The molecule has 0 aliphatic heterocycles. The quantitative estimate of drug-likeness (QED) is 0.726. The Kier molecular flexibility index (Phi) is 2.64. The van der Waals surface area contributed by atoms with Crippen molar-refractivity contribution < 1.29 is 9.53 Å². The molecular formula is C12H14N2O2. The second kappa shape index (κ2) is 3.96. The summed E-state index contributed by atoms with van der Waals surface area (Å²) in [5, 5.41) is 0. The van der Waals surface area contributed by atoms with Crippen LogP contribution in [0.1, 0.15) is 36.1 Å². The second-order valence-electron chi connectivity index (χ2n) is 3.92. The Balaban J connectivity index is 2.71. The number of carbonyl (C=O) groups is 1. The van der Waals surface area contributed by atoms with Crippen LogP contribution in [0.25, 0.3) is 5.52 Å². The molecule has 0 radical (unpaired) electrons. The molecular weight excluding hydrogens is 204 g/mol. The van der Waals surface area contributed by atoms with E-state index in [0.29, 0.717) is 5.69 Å². The molecule has 0 saturated carbocycles. The topological polar surface area (TPSA) is 43.6 Å². The summed E-state index contributed by atoms with van der Waals surface area (Å²) in [6.45, 7) is 4.09. The maximum absolute atomic E-state index is 11.6. The van der Waals surface area contributed by atoms with E-state index < -0.39 is 5.97 Å². The van der Waals surface area contributed by atoms with Gasteiger partial charge in [-0.15, -0.1) is 0 Å². The van der Waals surface area contributed by atoms with Gasteiger partial charge in [-0.1, -0.05) is 19.9 Å². The van der Waals surface area contributed by atoms with E-state index in [2.05, 4.69) is 4.98 Å². The molecule has 16 heavy (non-hydrogen) atoms. The third-order valence-corrected chi connectivity index (χ3v) is 2.47. The molecule has 0 bridgehead atoms. The smallest absolute Gasteiger partial charge is 0.358 e. The Morgan fingerprint density at radius 3 is 2.81 bits per heavy atom. The Morgan fingerprint density at radius 1 is 1.44 bits per heavy atom. The molecule has 4 heteroatoms. The molecule has 2 aromatic heterocycles. The average molecular weight is 218 g/mol. The molecule has 4 nitrogen and oxygen atoms in total. The van der Waals surface area contributed by atoms with Gasteiger partial charge < -0.3 is 9.14 Å². The third-order valence-electron chi connectivity index (χ3n) is 2.47. The van der Waals surface area contributed by atoms with Crippen LogP contribution in [0.15, 0.2) is 24.4 Å². The molecule has 0 aliphatic rings. The van der Waals surface area contributed by atoms with E-state index in [0.717, 1.165) is 11.3 Å². The van der Waals surface area contributed by atoms with Crippen LogP contribution in [0.2, 0.25) is 0 Å². The Labute approximate surface area is 93.9 Å². The Bertz CT molecular complexity index is 529. The normalized spacial score (nSPS) is 11.0. The van der Waals surface area contributed by atoms with Crippen molar-refractivity contribution in [2.24, 2.45) is 0 Å². The van der Waals surface area contributed by atoms with Crippen molar-refractivity contribution in [2.45, 2.75) is 19.8 Å².